The molecule has 3 rings (SSSR count). The lowest BCUT2D eigenvalue weighted by molar-refractivity contribution is 0.0744. The highest BCUT2D eigenvalue weighted by Crippen LogP contribution is 2.38. The highest BCUT2D eigenvalue weighted by molar-refractivity contribution is 4.97. The summed E-state index contributed by atoms with van der Waals surface area (Å²) in [6.45, 7) is 10.3. The number of rotatable bonds is 3. The topological polar surface area (TPSA) is 18.5 Å². The van der Waals surface area contributed by atoms with Crippen molar-refractivity contribution in [1.29, 1.82) is 0 Å². The van der Waals surface area contributed by atoms with Gasteiger partial charge in [0, 0.05) is 31.2 Å². The lowest BCUT2D eigenvalue weighted by Gasteiger charge is -2.45. The molecule has 2 saturated heterocycles. The molecule has 1 aliphatic carbocycles. The van der Waals surface area contributed by atoms with Gasteiger partial charge in [0.1, 0.15) is 0 Å². The normalized spacial score (nSPS) is 38.7. The molecule has 3 unspecified atom stereocenters. The molecule has 0 aromatic heterocycles. The Balaban J connectivity index is 1.60. The van der Waals surface area contributed by atoms with Gasteiger partial charge >= 0.3 is 0 Å². The summed E-state index contributed by atoms with van der Waals surface area (Å²) in [6.07, 6.45) is 9.78. The van der Waals surface area contributed by atoms with Crippen LogP contribution in [0.25, 0.3) is 0 Å². The summed E-state index contributed by atoms with van der Waals surface area (Å²) in [5, 5.41) is 3.61. The van der Waals surface area contributed by atoms with Crippen molar-refractivity contribution in [2.45, 2.75) is 76.9 Å². The predicted molar refractivity (Wildman–Crippen MR) is 89.7 cm³/mol. The molecule has 0 amide bonds. The molecular formula is C18H35N3. The Bertz CT molecular complexity index is 335. The van der Waals surface area contributed by atoms with Gasteiger partial charge in [-0.2, -0.15) is 0 Å². The molecule has 122 valence electrons. The minimum Gasteiger partial charge on any atom is -0.315 e. The molecule has 0 aromatic rings. The number of piperidine rings is 1. The first kappa shape index (κ1) is 15.8. The molecule has 0 bridgehead atoms. The Morgan fingerprint density at radius 1 is 0.952 bits per heavy atom. The zero-order chi connectivity index (χ0) is 14.9. The van der Waals surface area contributed by atoms with Gasteiger partial charge < -0.3 is 5.32 Å². The highest BCUT2D eigenvalue weighted by atomic mass is 15.3. The SMILES string of the molecule is CNC1CCC(C)(C)CC1N1CCC(N2CCCCC2)C1. The van der Waals surface area contributed by atoms with Crippen molar-refractivity contribution in [2.75, 3.05) is 33.2 Å². The average Bonchev–Trinajstić information content (AvgIpc) is 2.97. The lowest BCUT2D eigenvalue weighted by Crippen LogP contribution is -2.54. The fraction of sp³-hybridized carbons (Fsp3) is 1.00. The largest absolute Gasteiger partial charge is 0.315 e. The van der Waals surface area contributed by atoms with E-state index in [1.54, 1.807) is 0 Å². The second-order valence-electron chi connectivity index (χ2n) is 8.40. The number of likely N-dealkylation sites (N-methyl/N-ethyl adjacent to an activating group) is 1. The van der Waals surface area contributed by atoms with Crippen molar-refractivity contribution >= 4 is 0 Å². The van der Waals surface area contributed by atoms with Crippen LogP contribution in [0, 0.1) is 5.41 Å². The third-order valence-electron chi connectivity index (χ3n) is 6.30. The Hall–Kier alpha value is -0.120. The van der Waals surface area contributed by atoms with Crippen LogP contribution in [0.4, 0.5) is 0 Å². The number of likely N-dealkylation sites (tertiary alicyclic amines) is 2. The Morgan fingerprint density at radius 2 is 1.71 bits per heavy atom. The third-order valence-corrected chi connectivity index (χ3v) is 6.30. The van der Waals surface area contributed by atoms with Gasteiger partial charge in [-0.1, -0.05) is 20.3 Å². The van der Waals surface area contributed by atoms with Crippen molar-refractivity contribution in [2.24, 2.45) is 5.41 Å². The predicted octanol–water partition coefficient (Wildman–Crippen LogP) is 2.71. The van der Waals surface area contributed by atoms with E-state index in [1.165, 1.54) is 71.1 Å². The first-order valence-electron chi connectivity index (χ1n) is 9.24. The third kappa shape index (κ3) is 3.62. The minimum absolute atomic E-state index is 0.529. The molecule has 1 saturated carbocycles. The molecule has 0 radical (unpaired) electrons. The van der Waals surface area contributed by atoms with E-state index in [4.69, 9.17) is 0 Å². The van der Waals surface area contributed by atoms with Crippen LogP contribution in [0.1, 0.15) is 58.8 Å². The molecule has 2 heterocycles. The molecular weight excluding hydrogens is 258 g/mol. The molecule has 0 spiro atoms. The quantitative estimate of drug-likeness (QED) is 0.863. The second-order valence-corrected chi connectivity index (χ2v) is 8.40. The van der Waals surface area contributed by atoms with Crippen LogP contribution in [-0.2, 0) is 0 Å². The zero-order valence-electron chi connectivity index (χ0n) is 14.4. The first-order chi connectivity index (χ1) is 10.1. The van der Waals surface area contributed by atoms with Crippen molar-refractivity contribution < 1.29 is 0 Å². The van der Waals surface area contributed by atoms with E-state index in [0.29, 0.717) is 11.5 Å². The van der Waals surface area contributed by atoms with Crippen molar-refractivity contribution in [3.8, 4) is 0 Å². The smallest absolute Gasteiger partial charge is 0.0254 e. The highest BCUT2D eigenvalue weighted by Gasteiger charge is 2.40. The monoisotopic (exact) mass is 293 g/mol. The number of nitrogens with zero attached hydrogens (tertiary/aromatic N) is 2. The summed E-state index contributed by atoms with van der Waals surface area (Å²) in [6, 6.07) is 2.31. The van der Waals surface area contributed by atoms with Crippen LogP contribution >= 0.6 is 0 Å². The van der Waals surface area contributed by atoms with E-state index < -0.39 is 0 Å². The average molecular weight is 293 g/mol. The summed E-state index contributed by atoms with van der Waals surface area (Å²) in [7, 11) is 2.16. The number of hydrogen-bond donors (Lipinski definition) is 1. The fourth-order valence-electron chi connectivity index (χ4n) is 4.92. The van der Waals surface area contributed by atoms with E-state index in [1.807, 2.05) is 0 Å². The van der Waals surface area contributed by atoms with E-state index in [0.717, 1.165) is 12.1 Å². The van der Waals surface area contributed by atoms with E-state index in [2.05, 4.69) is 36.0 Å². The maximum absolute atomic E-state index is 3.61. The number of hydrogen-bond acceptors (Lipinski definition) is 3. The van der Waals surface area contributed by atoms with Crippen molar-refractivity contribution in [1.82, 2.24) is 15.1 Å². The molecule has 21 heavy (non-hydrogen) atoms. The van der Waals surface area contributed by atoms with Crippen LogP contribution in [0.2, 0.25) is 0 Å². The summed E-state index contributed by atoms with van der Waals surface area (Å²) < 4.78 is 0. The molecule has 3 heteroatoms. The van der Waals surface area contributed by atoms with Crippen LogP contribution < -0.4 is 5.32 Å². The summed E-state index contributed by atoms with van der Waals surface area (Å²) in [4.78, 5) is 5.60. The lowest BCUT2D eigenvalue weighted by atomic mass is 9.72. The van der Waals surface area contributed by atoms with Crippen LogP contribution in [-0.4, -0.2) is 61.2 Å². The fourth-order valence-corrected chi connectivity index (χ4v) is 4.92. The van der Waals surface area contributed by atoms with Crippen LogP contribution in [0.3, 0.4) is 0 Å². The second kappa shape index (κ2) is 6.55. The maximum atomic E-state index is 3.61. The Labute approximate surface area is 131 Å². The summed E-state index contributed by atoms with van der Waals surface area (Å²) >= 11 is 0. The molecule has 3 atom stereocenters. The molecule has 2 aliphatic heterocycles. The molecule has 3 aliphatic rings. The van der Waals surface area contributed by atoms with Gasteiger partial charge in [-0.15, -0.1) is 0 Å². The van der Waals surface area contributed by atoms with Gasteiger partial charge in [0.15, 0.2) is 0 Å². The van der Waals surface area contributed by atoms with Gasteiger partial charge in [-0.05, 0) is 64.1 Å². The van der Waals surface area contributed by atoms with Crippen LogP contribution in [0.15, 0.2) is 0 Å². The van der Waals surface area contributed by atoms with Crippen LogP contribution in [0.5, 0.6) is 0 Å². The summed E-state index contributed by atoms with van der Waals surface area (Å²) in [5.74, 6) is 0. The zero-order valence-corrected chi connectivity index (χ0v) is 14.4. The minimum atomic E-state index is 0.529. The summed E-state index contributed by atoms with van der Waals surface area (Å²) in [5.41, 5.74) is 0.529. The van der Waals surface area contributed by atoms with E-state index >= 15 is 0 Å². The van der Waals surface area contributed by atoms with Gasteiger partial charge in [0.2, 0.25) is 0 Å². The van der Waals surface area contributed by atoms with E-state index in [-0.39, 0.29) is 0 Å². The van der Waals surface area contributed by atoms with Crippen molar-refractivity contribution in [3.05, 3.63) is 0 Å². The molecule has 3 nitrogen and oxygen atoms in total. The Kier molecular flexibility index (Phi) is 4.92. The van der Waals surface area contributed by atoms with Gasteiger partial charge in [0.25, 0.3) is 0 Å². The van der Waals surface area contributed by atoms with E-state index in [9.17, 15) is 0 Å². The van der Waals surface area contributed by atoms with Gasteiger partial charge in [-0.25, -0.2) is 0 Å². The Morgan fingerprint density at radius 3 is 2.43 bits per heavy atom. The maximum Gasteiger partial charge on any atom is 0.0254 e. The standard InChI is InChI=1S/C18H35N3/c1-18(2)9-7-16(19-3)17(13-18)21-12-8-15(14-21)20-10-5-4-6-11-20/h15-17,19H,4-14H2,1-3H3. The first-order valence-corrected chi connectivity index (χ1v) is 9.24. The number of nitrogens with one attached hydrogen (secondary N) is 1. The van der Waals surface area contributed by atoms with Crippen molar-refractivity contribution in [3.63, 3.8) is 0 Å². The molecule has 3 fully saturated rings. The van der Waals surface area contributed by atoms with Gasteiger partial charge in [0.05, 0.1) is 0 Å². The molecule has 1 N–H and O–H groups in total. The molecule has 0 aromatic carbocycles. The van der Waals surface area contributed by atoms with Gasteiger partial charge in [-0.3, -0.25) is 9.80 Å².